The predicted octanol–water partition coefficient (Wildman–Crippen LogP) is 1.60. The molecule has 1 unspecified atom stereocenters. The molecular weight excluding hydrogens is 216 g/mol. The third-order valence-electron chi connectivity index (χ3n) is 1.84. The maximum Gasteiger partial charge on any atom is 0.157 e. The van der Waals surface area contributed by atoms with Crippen LogP contribution < -0.4 is 5.32 Å². The lowest BCUT2D eigenvalue weighted by Gasteiger charge is -2.10. The van der Waals surface area contributed by atoms with Crippen LogP contribution in [0.4, 0.5) is 0 Å². The molecule has 0 amide bonds. The number of aryl methyl sites for hydroxylation is 1. The number of hydrogen-bond acceptors (Lipinski definition) is 6. The maximum absolute atomic E-state index is 4.33. The molecule has 0 aliphatic carbocycles. The summed E-state index contributed by atoms with van der Waals surface area (Å²) in [6, 6.07) is 0.213. The van der Waals surface area contributed by atoms with Crippen molar-refractivity contribution >= 4 is 28.3 Å². The predicted molar refractivity (Wildman–Crippen MR) is 61.0 cm³/mol. The van der Waals surface area contributed by atoms with E-state index >= 15 is 0 Å². The fourth-order valence-electron chi connectivity index (χ4n) is 1.16. The first-order chi connectivity index (χ1) is 6.75. The van der Waals surface area contributed by atoms with Crippen molar-refractivity contribution in [2.45, 2.75) is 19.9 Å². The highest BCUT2D eigenvalue weighted by atomic mass is 32.2. The van der Waals surface area contributed by atoms with Gasteiger partial charge < -0.3 is 5.32 Å². The third kappa shape index (κ3) is 2.24. The summed E-state index contributed by atoms with van der Waals surface area (Å²) in [5.74, 6) is 1.09. The number of rotatable bonds is 2. The molecule has 0 saturated heterocycles. The zero-order valence-electron chi connectivity index (χ0n) is 8.15. The van der Waals surface area contributed by atoms with Crippen LogP contribution in [0.1, 0.15) is 23.0 Å². The van der Waals surface area contributed by atoms with E-state index in [0.717, 1.165) is 27.5 Å². The van der Waals surface area contributed by atoms with Crippen LogP contribution in [-0.2, 0) is 0 Å². The van der Waals surface area contributed by atoms with Gasteiger partial charge in [-0.15, -0.1) is 10.2 Å². The van der Waals surface area contributed by atoms with E-state index < -0.39 is 0 Å². The fourth-order valence-corrected chi connectivity index (χ4v) is 2.68. The van der Waals surface area contributed by atoms with Crippen molar-refractivity contribution in [3.63, 3.8) is 0 Å². The van der Waals surface area contributed by atoms with Gasteiger partial charge in [0.1, 0.15) is 10.0 Å². The Morgan fingerprint density at radius 3 is 2.86 bits per heavy atom. The first-order valence-corrected chi connectivity index (χ1v) is 6.29. The Balaban J connectivity index is 1.98. The lowest BCUT2D eigenvalue weighted by Crippen LogP contribution is -2.22. The summed E-state index contributed by atoms with van der Waals surface area (Å²) >= 11 is 3.40. The first kappa shape index (κ1) is 9.92. The Morgan fingerprint density at radius 1 is 1.43 bits per heavy atom. The summed E-state index contributed by atoms with van der Waals surface area (Å²) in [7, 11) is 0. The van der Waals surface area contributed by atoms with Gasteiger partial charge in [0.2, 0.25) is 0 Å². The quantitative estimate of drug-likeness (QED) is 0.835. The number of amidine groups is 1. The molecule has 6 heteroatoms. The van der Waals surface area contributed by atoms with E-state index in [1.807, 2.05) is 6.92 Å². The van der Waals surface area contributed by atoms with E-state index in [1.54, 1.807) is 23.1 Å². The van der Waals surface area contributed by atoms with Gasteiger partial charge in [-0.2, -0.15) is 0 Å². The Labute approximate surface area is 91.2 Å². The summed E-state index contributed by atoms with van der Waals surface area (Å²) in [6.07, 6.45) is 0. The Bertz CT molecular complexity index is 347. The fraction of sp³-hybridized carbons (Fsp3) is 0.625. The van der Waals surface area contributed by atoms with E-state index in [-0.39, 0.29) is 6.04 Å². The van der Waals surface area contributed by atoms with E-state index in [2.05, 4.69) is 27.4 Å². The second-order valence-electron chi connectivity index (χ2n) is 3.06. The van der Waals surface area contributed by atoms with E-state index in [4.69, 9.17) is 0 Å². The largest absolute Gasteiger partial charge is 0.356 e. The lowest BCUT2D eigenvalue weighted by atomic mass is 10.4. The van der Waals surface area contributed by atoms with Gasteiger partial charge in [0.15, 0.2) is 5.17 Å². The van der Waals surface area contributed by atoms with E-state index in [1.165, 1.54) is 0 Å². The van der Waals surface area contributed by atoms with Crippen LogP contribution in [0.5, 0.6) is 0 Å². The standard InChI is InChI=1S/C8H12N4S2/c1-5(7-12-11-6(2)14-7)10-8-9-3-4-13-8/h5H,3-4H2,1-2H3,(H,9,10). The molecule has 1 aromatic heterocycles. The van der Waals surface area contributed by atoms with Crippen molar-refractivity contribution < 1.29 is 0 Å². The number of hydrogen-bond donors (Lipinski definition) is 1. The topological polar surface area (TPSA) is 50.2 Å². The first-order valence-electron chi connectivity index (χ1n) is 4.49. The van der Waals surface area contributed by atoms with Crippen molar-refractivity contribution in [2.75, 3.05) is 12.3 Å². The Kier molecular flexibility index (Phi) is 3.02. The SMILES string of the molecule is Cc1nnc(C(C)NC2=NCCS2)s1. The highest BCUT2D eigenvalue weighted by Crippen LogP contribution is 2.19. The maximum atomic E-state index is 4.33. The second kappa shape index (κ2) is 4.27. The lowest BCUT2D eigenvalue weighted by molar-refractivity contribution is 0.703. The van der Waals surface area contributed by atoms with Crippen molar-refractivity contribution in [2.24, 2.45) is 4.99 Å². The molecule has 1 aliphatic heterocycles. The number of nitrogens with one attached hydrogen (secondary N) is 1. The molecule has 0 bridgehead atoms. The molecular formula is C8H12N4S2. The molecule has 0 spiro atoms. The minimum atomic E-state index is 0.213. The molecule has 4 nitrogen and oxygen atoms in total. The summed E-state index contributed by atoms with van der Waals surface area (Å²) in [5, 5.41) is 14.5. The number of nitrogens with zero attached hydrogens (tertiary/aromatic N) is 3. The molecule has 76 valence electrons. The minimum Gasteiger partial charge on any atom is -0.356 e. The van der Waals surface area contributed by atoms with Crippen molar-refractivity contribution in [3.05, 3.63) is 10.0 Å². The number of thioether (sulfide) groups is 1. The molecule has 1 aromatic rings. The second-order valence-corrected chi connectivity index (χ2v) is 5.36. The minimum absolute atomic E-state index is 0.213. The Morgan fingerprint density at radius 2 is 2.29 bits per heavy atom. The van der Waals surface area contributed by atoms with Gasteiger partial charge in [0, 0.05) is 5.75 Å². The summed E-state index contributed by atoms with van der Waals surface area (Å²) < 4.78 is 0. The van der Waals surface area contributed by atoms with Gasteiger partial charge in [-0.05, 0) is 13.8 Å². The van der Waals surface area contributed by atoms with Crippen LogP contribution in [-0.4, -0.2) is 27.7 Å². The van der Waals surface area contributed by atoms with Gasteiger partial charge in [-0.1, -0.05) is 23.1 Å². The molecule has 1 atom stereocenters. The molecule has 14 heavy (non-hydrogen) atoms. The molecule has 0 radical (unpaired) electrons. The van der Waals surface area contributed by atoms with Crippen LogP contribution >= 0.6 is 23.1 Å². The molecule has 2 rings (SSSR count). The zero-order chi connectivity index (χ0) is 9.97. The third-order valence-corrected chi connectivity index (χ3v) is 3.77. The van der Waals surface area contributed by atoms with Crippen LogP contribution in [0.25, 0.3) is 0 Å². The van der Waals surface area contributed by atoms with Crippen LogP contribution in [0.3, 0.4) is 0 Å². The molecule has 1 aliphatic rings. The average Bonchev–Trinajstić information content (AvgIpc) is 2.75. The van der Waals surface area contributed by atoms with Crippen molar-refractivity contribution in [3.8, 4) is 0 Å². The van der Waals surface area contributed by atoms with Crippen molar-refractivity contribution in [1.82, 2.24) is 15.5 Å². The van der Waals surface area contributed by atoms with Gasteiger partial charge in [-0.3, -0.25) is 4.99 Å². The summed E-state index contributed by atoms with van der Waals surface area (Å²) in [4.78, 5) is 4.33. The summed E-state index contributed by atoms with van der Waals surface area (Å²) in [5.41, 5.74) is 0. The highest BCUT2D eigenvalue weighted by molar-refractivity contribution is 8.14. The zero-order valence-corrected chi connectivity index (χ0v) is 9.78. The Hall–Kier alpha value is -0.620. The molecule has 1 N–H and O–H groups in total. The smallest absolute Gasteiger partial charge is 0.157 e. The van der Waals surface area contributed by atoms with Crippen LogP contribution in [0, 0.1) is 6.92 Å². The van der Waals surface area contributed by atoms with Gasteiger partial charge >= 0.3 is 0 Å². The molecule has 2 heterocycles. The number of aromatic nitrogens is 2. The molecule has 0 aromatic carbocycles. The van der Waals surface area contributed by atoms with Crippen LogP contribution in [0.15, 0.2) is 4.99 Å². The monoisotopic (exact) mass is 228 g/mol. The van der Waals surface area contributed by atoms with E-state index in [0.29, 0.717) is 0 Å². The van der Waals surface area contributed by atoms with Crippen molar-refractivity contribution in [1.29, 1.82) is 0 Å². The van der Waals surface area contributed by atoms with Gasteiger partial charge in [0.05, 0.1) is 12.6 Å². The highest BCUT2D eigenvalue weighted by Gasteiger charge is 2.14. The molecule has 0 saturated carbocycles. The van der Waals surface area contributed by atoms with Gasteiger partial charge in [0.25, 0.3) is 0 Å². The number of aliphatic imine (C=N–C) groups is 1. The van der Waals surface area contributed by atoms with Crippen LogP contribution in [0.2, 0.25) is 0 Å². The van der Waals surface area contributed by atoms with Gasteiger partial charge in [-0.25, -0.2) is 0 Å². The summed E-state index contributed by atoms with van der Waals surface area (Å²) in [6.45, 7) is 4.98. The van der Waals surface area contributed by atoms with E-state index in [9.17, 15) is 0 Å². The normalized spacial score (nSPS) is 18.0. The average molecular weight is 228 g/mol. The molecule has 0 fully saturated rings.